The van der Waals surface area contributed by atoms with E-state index in [1.54, 1.807) is 4.90 Å². The maximum Gasteiger partial charge on any atom is 0.231 e. The summed E-state index contributed by atoms with van der Waals surface area (Å²) in [6.45, 7) is 2.06. The number of fused-ring (bicyclic) bond motifs is 1. The molecule has 0 N–H and O–H groups in total. The summed E-state index contributed by atoms with van der Waals surface area (Å²) in [5.41, 5.74) is 5.60. The van der Waals surface area contributed by atoms with E-state index in [0.29, 0.717) is 6.42 Å². The van der Waals surface area contributed by atoms with E-state index < -0.39 is 0 Å². The molecule has 2 aromatic carbocycles. The standard InChI is InChI=1S/C17H15BrClNO/c1-10-7-13(19)4-5-14(10)17(18)11-3-6-15-12(8-11)9-16(21)20(15)2/h3-8,17H,9H2,1-2H3. The fourth-order valence-electron chi connectivity index (χ4n) is 2.75. The number of alkyl halides is 1. The van der Waals surface area contributed by atoms with Gasteiger partial charge in [-0.3, -0.25) is 4.79 Å². The van der Waals surface area contributed by atoms with Crippen LogP contribution in [0.5, 0.6) is 0 Å². The number of halogens is 2. The lowest BCUT2D eigenvalue weighted by Crippen LogP contribution is -2.20. The third kappa shape index (κ3) is 2.60. The smallest absolute Gasteiger partial charge is 0.231 e. The summed E-state index contributed by atoms with van der Waals surface area (Å²) in [7, 11) is 1.82. The molecule has 108 valence electrons. The number of carbonyl (C=O) groups excluding carboxylic acids is 1. The van der Waals surface area contributed by atoms with Crippen molar-refractivity contribution in [3.05, 3.63) is 63.7 Å². The Kier molecular flexibility index (Phi) is 3.80. The van der Waals surface area contributed by atoms with E-state index >= 15 is 0 Å². The van der Waals surface area contributed by atoms with Crippen LogP contribution in [-0.2, 0) is 11.2 Å². The van der Waals surface area contributed by atoms with Crippen LogP contribution in [0.25, 0.3) is 0 Å². The first-order valence-electron chi connectivity index (χ1n) is 6.77. The van der Waals surface area contributed by atoms with Crippen molar-refractivity contribution in [2.75, 3.05) is 11.9 Å². The van der Waals surface area contributed by atoms with Crippen LogP contribution in [0.3, 0.4) is 0 Å². The van der Waals surface area contributed by atoms with Gasteiger partial charge in [0, 0.05) is 17.8 Å². The Balaban J connectivity index is 1.98. The summed E-state index contributed by atoms with van der Waals surface area (Å²) >= 11 is 9.78. The molecule has 0 bridgehead atoms. The van der Waals surface area contributed by atoms with Gasteiger partial charge in [0.2, 0.25) is 5.91 Å². The Morgan fingerprint density at radius 2 is 2.00 bits per heavy atom. The van der Waals surface area contributed by atoms with Crippen molar-refractivity contribution in [1.29, 1.82) is 0 Å². The van der Waals surface area contributed by atoms with E-state index in [2.05, 4.69) is 35.0 Å². The zero-order chi connectivity index (χ0) is 15.1. The number of benzene rings is 2. The van der Waals surface area contributed by atoms with Gasteiger partial charge < -0.3 is 4.90 Å². The number of aryl methyl sites for hydroxylation is 1. The zero-order valence-corrected chi connectivity index (χ0v) is 14.2. The molecule has 0 spiro atoms. The molecule has 1 aliphatic rings. The number of hydrogen-bond donors (Lipinski definition) is 0. The van der Waals surface area contributed by atoms with Gasteiger partial charge in [0.15, 0.2) is 0 Å². The van der Waals surface area contributed by atoms with Gasteiger partial charge in [0.05, 0.1) is 11.2 Å². The monoisotopic (exact) mass is 363 g/mol. The zero-order valence-electron chi connectivity index (χ0n) is 11.9. The molecule has 0 saturated carbocycles. The summed E-state index contributed by atoms with van der Waals surface area (Å²) < 4.78 is 0. The van der Waals surface area contributed by atoms with E-state index in [-0.39, 0.29) is 10.7 Å². The molecular formula is C17H15BrClNO. The van der Waals surface area contributed by atoms with E-state index in [4.69, 9.17) is 11.6 Å². The Hall–Kier alpha value is -1.32. The summed E-state index contributed by atoms with van der Waals surface area (Å²) in [4.78, 5) is 13.6. The van der Waals surface area contributed by atoms with Crippen LogP contribution in [0.4, 0.5) is 5.69 Å². The minimum atomic E-state index is 0.0982. The molecule has 4 heteroatoms. The van der Waals surface area contributed by atoms with Crippen molar-refractivity contribution in [3.8, 4) is 0 Å². The van der Waals surface area contributed by atoms with Gasteiger partial charge >= 0.3 is 0 Å². The first kappa shape index (κ1) is 14.6. The fourth-order valence-corrected chi connectivity index (χ4v) is 3.78. The topological polar surface area (TPSA) is 20.3 Å². The quantitative estimate of drug-likeness (QED) is 0.710. The number of nitrogens with zero attached hydrogens (tertiary/aromatic N) is 1. The molecule has 1 atom stereocenters. The molecule has 1 amide bonds. The average Bonchev–Trinajstić information content (AvgIpc) is 2.73. The minimum Gasteiger partial charge on any atom is -0.315 e. The summed E-state index contributed by atoms with van der Waals surface area (Å²) in [6.07, 6.45) is 0.485. The molecule has 2 aromatic rings. The molecule has 1 heterocycles. The highest BCUT2D eigenvalue weighted by Gasteiger charge is 2.25. The lowest BCUT2D eigenvalue weighted by molar-refractivity contribution is -0.117. The van der Waals surface area contributed by atoms with Crippen LogP contribution in [0.2, 0.25) is 5.02 Å². The predicted octanol–water partition coefficient (Wildman–Crippen LogP) is 4.65. The second-order valence-corrected chi connectivity index (χ2v) is 6.73. The Bertz CT molecular complexity index is 729. The third-order valence-electron chi connectivity index (χ3n) is 3.98. The highest BCUT2D eigenvalue weighted by atomic mass is 79.9. The number of carbonyl (C=O) groups is 1. The second-order valence-electron chi connectivity index (χ2n) is 5.38. The van der Waals surface area contributed by atoms with Gasteiger partial charge in [-0.2, -0.15) is 0 Å². The van der Waals surface area contributed by atoms with Crippen molar-refractivity contribution in [2.45, 2.75) is 18.2 Å². The van der Waals surface area contributed by atoms with Crippen molar-refractivity contribution in [2.24, 2.45) is 0 Å². The van der Waals surface area contributed by atoms with Gasteiger partial charge in [0.25, 0.3) is 0 Å². The minimum absolute atomic E-state index is 0.0982. The van der Waals surface area contributed by atoms with E-state index in [0.717, 1.165) is 27.4 Å². The molecule has 21 heavy (non-hydrogen) atoms. The number of hydrogen-bond acceptors (Lipinski definition) is 1. The molecule has 3 rings (SSSR count). The van der Waals surface area contributed by atoms with Crippen molar-refractivity contribution in [3.63, 3.8) is 0 Å². The second kappa shape index (κ2) is 5.47. The molecule has 0 aromatic heterocycles. The van der Waals surface area contributed by atoms with E-state index in [9.17, 15) is 4.79 Å². The molecule has 0 saturated heterocycles. The van der Waals surface area contributed by atoms with Gasteiger partial charge in [-0.15, -0.1) is 0 Å². The Morgan fingerprint density at radius 1 is 1.24 bits per heavy atom. The van der Waals surface area contributed by atoms with Crippen LogP contribution >= 0.6 is 27.5 Å². The van der Waals surface area contributed by atoms with Gasteiger partial charge in [0.1, 0.15) is 0 Å². The van der Waals surface area contributed by atoms with Crippen LogP contribution in [0, 0.1) is 6.92 Å². The molecule has 1 aliphatic heterocycles. The third-order valence-corrected chi connectivity index (χ3v) is 5.24. The van der Waals surface area contributed by atoms with Gasteiger partial charge in [-0.1, -0.05) is 45.7 Å². The number of likely N-dealkylation sites (N-methyl/N-ethyl adjacent to an activating group) is 1. The molecule has 1 unspecified atom stereocenters. The average molecular weight is 365 g/mol. The van der Waals surface area contributed by atoms with E-state index in [1.165, 1.54) is 5.56 Å². The normalized spacial score (nSPS) is 15.2. The maximum atomic E-state index is 11.8. The largest absolute Gasteiger partial charge is 0.315 e. The summed E-state index contributed by atoms with van der Waals surface area (Å²) in [5, 5.41) is 0.747. The van der Waals surface area contributed by atoms with E-state index in [1.807, 2.05) is 31.3 Å². The van der Waals surface area contributed by atoms with Crippen LogP contribution in [0.15, 0.2) is 36.4 Å². The first-order valence-corrected chi connectivity index (χ1v) is 8.06. The lowest BCUT2D eigenvalue weighted by atomic mass is 9.98. The van der Waals surface area contributed by atoms with Crippen LogP contribution < -0.4 is 4.90 Å². The van der Waals surface area contributed by atoms with Crippen molar-refractivity contribution < 1.29 is 4.79 Å². The van der Waals surface area contributed by atoms with Crippen molar-refractivity contribution in [1.82, 2.24) is 0 Å². The van der Waals surface area contributed by atoms with Gasteiger partial charge in [-0.05, 0) is 47.4 Å². The number of rotatable bonds is 2. The van der Waals surface area contributed by atoms with Crippen molar-refractivity contribution >= 4 is 39.1 Å². The summed E-state index contributed by atoms with van der Waals surface area (Å²) in [6, 6.07) is 12.1. The first-order chi connectivity index (χ1) is 9.97. The maximum absolute atomic E-state index is 11.8. The molecule has 0 radical (unpaired) electrons. The highest BCUT2D eigenvalue weighted by Crippen LogP contribution is 2.37. The lowest BCUT2D eigenvalue weighted by Gasteiger charge is -2.16. The van der Waals surface area contributed by atoms with Crippen LogP contribution in [0.1, 0.15) is 27.1 Å². The van der Waals surface area contributed by atoms with Crippen LogP contribution in [-0.4, -0.2) is 13.0 Å². The molecule has 2 nitrogen and oxygen atoms in total. The number of amides is 1. The fraction of sp³-hybridized carbons (Fsp3) is 0.235. The highest BCUT2D eigenvalue weighted by molar-refractivity contribution is 9.09. The Morgan fingerprint density at radius 3 is 2.71 bits per heavy atom. The molecule has 0 fully saturated rings. The SMILES string of the molecule is Cc1cc(Cl)ccc1C(Br)c1ccc2c(c1)CC(=O)N2C. The molecular weight excluding hydrogens is 350 g/mol. The molecule has 0 aliphatic carbocycles. The summed E-state index contributed by atoms with van der Waals surface area (Å²) in [5.74, 6) is 0.149. The predicted molar refractivity (Wildman–Crippen MR) is 90.5 cm³/mol. The van der Waals surface area contributed by atoms with Gasteiger partial charge in [-0.25, -0.2) is 0 Å². The number of anilines is 1. The Labute approximate surface area is 137 Å².